The fourth-order valence-corrected chi connectivity index (χ4v) is 3.17. The maximum Gasteiger partial charge on any atom is 0.342 e. The van der Waals surface area contributed by atoms with Gasteiger partial charge in [0.05, 0.1) is 0 Å². The van der Waals surface area contributed by atoms with Gasteiger partial charge in [-0.3, -0.25) is 9.59 Å². The highest BCUT2D eigenvalue weighted by molar-refractivity contribution is 5.99. The van der Waals surface area contributed by atoms with Crippen LogP contribution in [-0.4, -0.2) is 42.4 Å². The second-order valence-corrected chi connectivity index (χ2v) is 7.09. The van der Waals surface area contributed by atoms with Gasteiger partial charge in [0.15, 0.2) is 6.61 Å². The minimum absolute atomic E-state index is 0.113. The molecule has 0 saturated carbocycles. The number of ether oxygens (including phenoxy) is 2. The summed E-state index contributed by atoms with van der Waals surface area (Å²) in [6.07, 6.45) is 0. The number of carbonyl (C=O) groups excluding carboxylic acids is 3. The third-order valence-electron chi connectivity index (χ3n) is 4.86. The Balaban J connectivity index is 1.60. The first-order valence-electron chi connectivity index (χ1n) is 10.7. The highest BCUT2D eigenvalue weighted by Gasteiger charge is 2.17. The van der Waals surface area contributed by atoms with Crippen LogP contribution in [0.2, 0.25) is 0 Å². The average molecular weight is 447 g/mol. The van der Waals surface area contributed by atoms with Gasteiger partial charge in [0, 0.05) is 24.3 Å². The van der Waals surface area contributed by atoms with Gasteiger partial charge in [0.2, 0.25) is 0 Å². The molecule has 0 aliphatic rings. The van der Waals surface area contributed by atoms with Crippen molar-refractivity contribution in [3.8, 4) is 11.5 Å². The lowest BCUT2D eigenvalue weighted by Crippen LogP contribution is -2.30. The largest absolute Gasteiger partial charge is 0.456 e. The molecule has 0 aromatic heterocycles. The molecule has 0 radical (unpaired) electrons. The molecular weight excluding hydrogens is 420 g/mol. The van der Waals surface area contributed by atoms with Gasteiger partial charge in [-0.05, 0) is 56.3 Å². The molecular formula is C26H26N2O5. The van der Waals surface area contributed by atoms with Gasteiger partial charge in [-0.15, -0.1) is 0 Å². The molecule has 0 saturated heterocycles. The lowest BCUT2D eigenvalue weighted by Gasteiger charge is -2.19. The molecule has 0 aliphatic heterocycles. The summed E-state index contributed by atoms with van der Waals surface area (Å²) in [6, 6.07) is 22.4. The van der Waals surface area contributed by atoms with Gasteiger partial charge in [0.25, 0.3) is 11.8 Å². The van der Waals surface area contributed by atoms with Crippen molar-refractivity contribution in [2.75, 3.05) is 25.0 Å². The SMILES string of the molecule is CCN(CC)C(=O)c1cccc(NC(=O)COC(=O)c2ccccc2Oc2ccccc2)c1. The number of hydrogen-bond acceptors (Lipinski definition) is 5. The predicted octanol–water partition coefficient (Wildman–Crippen LogP) is 4.76. The molecule has 2 amide bonds. The molecule has 0 bridgehead atoms. The number of nitrogens with zero attached hydrogens (tertiary/aromatic N) is 1. The maximum absolute atomic E-state index is 12.6. The zero-order valence-electron chi connectivity index (χ0n) is 18.6. The first-order chi connectivity index (χ1) is 16.0. The number of amides is 2. The minimum Gasteiger partial charge on any atom is -0.456 e. The van der Waals surface area contributed by atoms with Crippen LogP contribution in [0.4, 0.5) is 5.69 Å². The second kappa shape index (κ2) is 11.5. The summed E-state index contributed by atoms with van der Waals surface area (Å²) in [7, 11) is 0. The molecule has 7 heteroatoms. The number of carbonyl (C=O) groups is 3. The Bertz CT molecular complexity index is 1110. The van der Waals surface area contributed by atoms with Crippen LogP contribution in [0.15, 0.2) is 78.9 Å². The number of rotatable bonds is 9. The van der Waals surface area contributed by atoms with E-state index in [0.717, 1.165) is 0 Å². The highest BCUT2D eigenvalue weighted by Crippen LogP contribution is 2.25. The van der Waals surface area contributed by atoms with Crippen molar-refractivity contribution in [3.63, 3.8) is 0 Å². The van der Waals surface area contributed by atoms with Crippen molar-refractivity contribution in [1.82, 2.24) is 4.90 Å². The highest BCUT2D eigenvalue weighted by atomic mass is 16.5. The zero-order chi connectivity index (χ0) is 23.6. The van der Waals surface area contributed by atoms with Gasteiger partial charge in [-0.1, -0.05) is 36.4 Å². The van der Waals surface area contributed by atoms with E-state index in [0.29, 0.717) is 35.8 Å². The fraction of sp³-hybridized carbons (Fsp3) is 0.192. The maximum atomic E-state index is 12.6. The molecule has 3 aromatic carbocycles. The monoisotopic (exact) mass is 446 g/mol. The summed E-state index contributed by atoms with van der Waals surface area (Å²) in [5.74, 6) is -0.400. The van der Waals surface area contributed by atoms with Crippen LogP contribution in [-0.2, 0) is 9.53 Å². The number of para-hydroxylation sites is 2. The molecule has 33 heavy (non-hydrogen) atoms. The van der Waals surface area contributed by atoms with Gasteiger partial charge < -0.3 is 19.7 Å². The van der Waals surface area contributed by atoms with Crippen LogP contribution in [0.5, 0.6) is 11.5 Å². The third kappa shape index (κ3) is 6.43. The molecule has 3 aromatic rings. The topological polar surface area (TPSA) is 84.9 Å². The summed E-state index contributed by atoms with van der Waals surface area (Å²) < 4.78 is 11.0. The number of benzene rings is 3. The quantitative estimate of drug-likeness (QED) is 0.479. The number of esters is 1. The smallest absolute Gasteiger partial charge is 0.342 e. The summed E-state index contributed by atoms with van der Waals surface area (Å²) in [4.78, 5) is 39.1. The van der Waals surface area contributed by atoms with E-state index >= 15 is 0 Å². The van der Waals surface area contributed by atoms with E-state index in [1.807, 2.05) is 32.0 Å². The standard InChI is InChI=1S/C26H26N2O5/c1-3-28(4-2)25(30)19-11-10-12-20(17-19)27-24(29)18-32-26(31)22-15-8-9-16-23(22)33-21-13-6-5-7-14-21/h5-17H,3-4,18H2,1-2H3,(H,27,29). The molecule has 170 valence electrons. The van der Waals surface area contributed by atoms with E-state index in [1.165, 1.54) is 0 Å². The summed E-state index contributed by atoms with van der Waals surface area (Å²) in [5.41, 5.74) is 1.13. The molecule has 3 rings (SSSR count). The van der Waals surface area contributed by atoms with E-state index < -0.39 is 18.5 Å². The molecule has 0 unspecified atom stereocenters. The molecule has 0 spiro atoms. The van der Waals surface area contributed by atoms with Crippen LogP contribution >= 0.6 is 0 Å². The molecule has 0 aliphatic carbocycles. The number of hydrogen-bond donors (Lipinski definition) is 1. The van der Waals surface area contributed by atoms with Crippen molar-refractivity contribution in [3.05, 3.63) is 90.0 Å². The van der Waals surface area contributed by atoms with Crippen LogP contribution in [0.25, 0.3) is 0 Å². The van der Waals surface area contributed by atoms with Crippen molar-refractivity contribution >= 4 is 23.5 Å². The lowest BCUT2D eigenvalue weighted by molar-refractivity contribution is -0.119. The summed E-state index contributed by atoms with van der Waals surface area (Å²) in [6.45, 7) is 4.52. The average Bonchev–Trinajstić information content (AvgIpc) is 2.84. The number of anilines is 1. The normalized spacial score (nSPS) is 10.2. The van der Waals surface area contributed by atoms with Crippen molar-refractivity contribution < 1.29 is 23.9 Å². The summed E-state index contributed by atoms with van der Waals surface area (Å²) >= 11 is 0. The zero-order valence-corrected chi connectivity index (χ0v) is 18.6. The molecule has 0 heterocycles. The first kappa shape index (κ1) is 23.5. The Kier molecular flexibility index (Phi) is 8.18. The van der Waals surface area contributed by atoms with E-state index in [9.17, 15) is 14.4 Å². The van der Waals surface area contributed by atoms with Crippen LogP contribution < -0.4 is 10.1 Å². The predicted molar refractivity (Wildman–Crippen MR) is 126 cm³/mol. The van der Waals surface area contributed by atoms with Gasteiger partial charge in [-0.2, -0.15) is 0 Å². The fourth-order valence-electron chi connectivity index (χ4n) is 3.17. The Labute approximate surface area is 192 Å². The molecule has 1 N–H and O–H groups in total. The number of nitrogens with one attached hydrogen (secondary N) is 1. The molecule has 0 atom stereocenters. The van der Waals surface area contributed by atoms with Gasteiger partial charge >= 0.3 is 5.97 Å². The van der Waals surface area contributed by atoms with Crippen molar-refractivity contribution in [1.29, 1.82) is 0 Å². The molecule has 7 nitrogen and oxygen atoms in total. The molecule has 0 fully saturated rings. The third-order valence-corrected chi connectivity index (χ3v) is 4.86. The van der Waals surface area contributed by atoms with E-state index in [-0.39, 0.29) is 11.5 Å². The van der Waals surface area contributed by atoms with Crippen LogP contribution in [0.1, 0.15) is 34.6 Å². The Morgan fingerprint density at radius 3 is 2.27 bits per heavy atom. The Morgan fingerprint density at radius 1 is 0.848 bits per heavy atom. The van der Waals surface area contributed by atoms with Crippen molar-refractivity contribution in [2.24, 2.45) is 0 Å². The van der Waals surface area contributed by atoms with Crippen molar-refractivity contribution in [2.45, 2.75) is 13.8 Å². The van der Waals surface area contributed by atoms with Gasteiger partial charge in [0.1, 0.15) is 17.1 Å². The van der Waals surface area contributed by atoms with E-state index in [2.05, 4.69) is 5.32 Å². The Morgan fingerprint density at radius 2 is 1.55 bits per heavy atom. The first-order valence-corrected chi connectivity index (χ1v) is 10.7. The minimum atomic E-state index is -0.679. The second-order valence-electron chi connectivity index (χ2n) is 7.09. The lowest BCUT2D eigenvalue weighted by atomic mass is 10.1. The van der Waals surface area contributed by atoms with E-state index in [4.69, 9.17) is 9.47 Å². The Hall–Kier alpha value is -4.13. The van der Waals surface area contributed by atoms with E-state index in [1.54, 1.807) is 65.6 Å². The summed E-state index contributed by atoms with van der Waals surface area (Å²) in [5, 5.41) is 2.66. The van der Waals surface area contributed by atoms with Gasteiger partial charge in [-0.25, -0.2) is 4.79 Å². The van der Waals surface area contributed by atoms with Crippen LogP contribution in [0.3, 0.4) is 0 Å². The van der Waals surface area contributed by atoms with Crippen LogP contribution in [0, 0.1) is 0 Å².